The van der Waals surface area contributed by atoms with E-state index in [1.807, 2.05) is 0 Å². The van der Waals surface area contributed by atoms with Gasteiger partial charge in [0.1, 0.15) is 0 Å². The van der Waals surface area contributed by atoms with Gasteiger partial charge >= 0.3 is 0 Å². The van der Waals surface area contributed by atoms with Crippen LogP contribution in [-0.4, -0.2) is 24.3 Å². The topological polar surface area (TPSA) is 32.3 Å². The highest BCUT2D eigenvalue weighted by atomic mass is 16.3. The second kappa shape index (κ2) is 5.05. The maximum atomic E-state index is 9.28. The van der Waals surface area contributed by atoms with E-state index in [2.05, 4.69) is 19.2 Å². The van der Waals surface area contributed by atoms with E-state index in [0.717, 1.165) is 18.5 Å². The van der Waals surface area contributed by atoms with E-state index >= 15 is 0 Å². The molecule has 2 N–H and O–H groups in total. The number of nitrogens with one attached hydrogen (secondary N) is 1. The molecule has 0 aromatic rings. The van der Waals surface area contributed by atoms with Gasteiger partial charge in [-0.3, -0.25) is 0 Å². The molecule has 0 saturated heterocycles. The summed E-state index contributed by atoms with van der Waals surface area (Å²) in [7, 11) is 0. The number of rotatable bonds is 4. The maximum Gasteiger partial charge on any atom is 0.0462 e. The molecule has 94 valence electrons. The second-order valence-corrected chi connectivity index (χ2v) is 6.65. The highest BCUT2D eigenvalue weighted by Crippen LogP contribution is 2.37. The average Bonchev–Trinajstić information content (AvgIpc) is 2.81. The van der Waals surface area contributed by atoms with Gasteiger partial charge < -0.3 is 10.4 Å². The first-order valence-electron chi connectivity index (χ1n) is 6.95. The van der Waals surface area contributed by atoms with Crippen LogP contribution >= 0.6 is 0 Å². The molecule has 0 heterocycles. The molecule has 16 heavy (non-hydrogen) atoms. The van der Waals surface area contributed by atoms with Crippen molar-refractivity contribution in [3.05, 3.63) is 0 Å². The smallest absolute Gasteiger partial charge is 0.0462 e. The monoisotopic (exact) mass is 225 g/mol. The van der Waals surface area contributed by atoms with E-state index in [9.17, 15) is 5.11 Å². The van der Waals surface area contributed by atoms with E-state index in [1.54, 1.807) is 0 Å². The van der Waals surface area contributed by atoms with Crippen molar-refractivity contribution in [2.75, 3.05) is 13.2 Å². The zero-order chi connectivity index (χ0) is 11.6. The van der Waals surface area contributed by atoms with Gasteiger partial charge in [0.2, 0.25) is 0 Å². The summed E-state index contributed by atoms with van der Waals surface area (Å²) in [5.41, 5.74) is 0.545. The van der Waals surface area contributed by atoms with Crippen molar-refractivity contribution in [3.8, 4) is 0 Å². The van der Waals surface area contributed by atoms with Crippen molar-refractivity contribution in [2.45, 2.75) is 58.4 Å². The maximum absolute atomic E-state index is 9.28. The van der Waals surface area contributed by atoms with Crippen LogP contribution in [0.2, 0.25) is 0 Å². The van der Waals surface area contributed by atoms with Crippen molar-refractivity contribution in [1.29, 1.82) is 0 Å². The van der Waals surface area contributed by atoms with Gasteiger partial charge in [-0.15, -0.1) is 0 Å². The largest absolute Gasteiger partial charge is 0.396 e. The second-order valence-electron chi connectivity index (χ2n) is 6.65. The molecule has 2 heteroatoms. The van der Waals surface area contributed by atoms with Crippen LogP contribution in [0.25, 0.3) is 0 Å². The minimum absolute atomic E-state index is 0.391. The third-order valence-corrected chi connectivity index (χ3v) is 4.69. The minimum atomic E-state index is 0.391. The van der Waals surface area contributed by atoms with E-state index in [-0.39, 0.29) is 0 Å². The van der Waals surface area contributed by atoms with Gasteiger partial charge in [-0.05, 0) is 55.9 Å². The third-order valence-electron chi connectivity index (χ3n) is 4.69. The van der Waals surface area contributed by atoms with Gasteiger partial charge in [0.05, 0.1) is 0 Å². The summed E-state index contributed by atoms with van der Waals surface area (Å²) in [4.78, 5) is 0. The van der Waals surface area contributed by atoms with Crippen LogP contribution in [0, 0.1) is 17.3 Å². The summed E-state index contributed by atoms with van der Waals surface area (Å²) in [6.07, 6.45) is 7.88. The normalized spacial score (nSPS) is 38.1. The van der Waals surface area contributed by atoms with Crippen LogP contribution in [0.15, 0.2) is 0 Å². The van der Waals surface area contributed by atoms with Crippen molar-refractivity contribution < 1.29 is 5.11 Å². The molecule has 2 aliphatic rings. The molecule has 0 aromatic heterocycles. The van der Waals surface area contributed by atoms with E-state index in [4.69, 9.17) is 0 Å². The summed E-state index contributed by atoms with van der Waals surface area (Å²) in [6, 6.07) is 0.731. The van der Waals surface area contributed by atoms with Crippen LogP contribution in [0.1, 0.15) is 52.4 Å². The van der Waals surface area contributed by atoms with Crippen molar-refractivity contribution in [2.24, 2.45) is 17.3 Å². The van der Waals surface area contributed by atoms with Crippen LogP contribution in [0.3, 0.4) is 0 Å². The standard InChI is InChI=1S/C14H27NO/c1-14(2)7-6-13(8-14)15-9-11-4-3-5-12(11)10-16/h11-13,15-16H,3-10H2,1-2H3. The quantitative estimate of drug-likeness (QED) is 0.770. The van der Waals surface area contributed by atoms with Gasteiger partial charge in [-0.2, -0.15) is 0 Å². The first-order chi connectivity index (χ1) is 7.61. The number of aliphatic hydroxyl groups is 1. The van der Waals surface area contributed by atoms with Crippen LogP contribution < -0.4 is 5.32 Å². The van der Waals surface area contributed by atoms with Gasteiger partial charge in [-0.1, -0.05) is 20.3 Å². The molecular weight excluding hydrogens is 198 g/mol. The molecule has 3 unspecified atom stereocenters. The fourth-order valence-corrected chi connectivity index (χ4v) is 3.55. The summed E-state index contributed by atoms with van der Waals surface area (Å²) >= 11 is 0. The molecule has 2 aliphatic carbocycles. The van der Waals surface area contributed by atoms with Gasteiger partial charge in [0, 0.05) is 12.6 Å². The Hall–Kier alpha value is -0.0800. The Morgan fingerprint density at radius 2 is 1.94 bits per heavy atom. The first kappa shape index (κ1) is 12.4. The zero-order valence-corrected chi connectivity index (χ0v) is 10.8. The lowest BCUT2D eigenvalue weighted by molar-refractivity contribution is 0.189. The molecule has 0 spiro atoms. The molecule has 3 atom stereocenters. The molecule has 0 radical (unpaired) electrons. The molecule has 0 aliphatic heterocycles. The van der Waals surface area contributed by atoms with Crippen LogP contribution in [0.5, 0.6) is 0 Å². The fraction of sp³-hybridized carbons (Fsp3) is 1.00. The predicted octanol–water partition coefficient (Wildman–Crippen LogP) is 2.56. The summed E-state index contributed by atoms with van der Waals surface area (Å²) < 4.78 is 0. The van der Waals surface area contributed by atoms with E-state index in [1.165, 1.54) is 38.5 Å². The van der Waals surface area contributed by atoms with Crippen molar-refractivity contribution in [3.63, 3.8) is 0 Å². The number of hydrogen-bond donors (Lipinski definition) is 2. The summed E-state index contributed by atoms with van der Waals surface area (Å²) in [5.74, 6) is 1.30. The zero-order valence-electron chi connectivity index (χ0n) is 10.8. The number of hydrogen-bond acceptors (Lipinski definition) is 2. The van der Waals surface area contributed by atoms with E-state index in [0.29, 0.717) is 17.9 Å². The Bertz CT molecular complexity index is 227. The Kier molecular flexibility index (Phi) is 3.91. The first-order valence-corrected chi connectivity index (χ1v) is 6.95. The fourth-order valence-electron chi connectivity index (χ4n) is 3.55. The highest BCUT2D eigenvalue weighted by Gasteiger charge is 2.32. The lowest BCUT2D eigenvalue weighted by Crippen LogP contribution is -2.34. The third kappa shape index (κ3) is 2.98. The molecule has 0 bridgehead atoms. The molecule has 2 fully saturated rings. The molecule has 0 amide bonds. The van der Waals surface area contributed by atoms with Crippen LogP contribution in [0.4, 0.5) is 0 Å². The lowest BCUT2D eigenvalue weighted by atomic mass is 9.91. The SMILES string of the molecule is CC1(C)CCC(NCC2CCCC2CO)C1. The lowest BCUT2D eigenvalue weighted by Gasteiger charge is -2.22. The molecule has 2 nitrogen and oxygen atoms in total. The molecule has 2 saturated carbocycles. The van der Waals surface area contributed by atoms with Crippen molar-refractivity contribution in [1.82, 2.24) is 5.32 Å². The molecule has 2 rings (SSSR count). The molecular formula is C14H27NO. The van der Waals surface area contributed by atoms with Crippen molar-refractivity contribution >= 4 is 0 Å². The highest BCUT2D eigenvalue weighted by molar-refractivity contribution is 4.88. The minimum Gasteiger partial charge on any atom is -0.396 e. The van der Waals surface area contributed by atoms with E-state index < -0.39 is 0 Å². The predicted molar refractivity (Wildman–Crippen MR) is 67.3 cm³/mol. The number of aliphatic hydroxyl groups excluding tert-OH is 1. The average molecular weight is 225 g/mol. The van der Waals surface area contributed by atoms with Gasteiger partial charge in [0.15, 0.2) is 0 Å². The van der Waals surface area contributed by atoms with Gasteiger partial charge in [-0.25, -0.2) is 0 Å². The Labute approximate surface area is 99.8 Å². The Morgan fingerprint density at radius 3 is 2.56 bits per heavy atom. The van der Waals surface area contributed by atoms with Gasteiger partial charge in [0.25, 0.3) is 0 Å². The Balaban J connectivity index is 1.71. The Morgan fingerprint density at radius 1 is 1.19 bits per heavy atom. The molecule has 0 aromatic carbocycles. The summed E-state index contributed by atoms with van der Waals surface area (Å²) in [6.45, 7) is 6.27. The van der Waals surface area contributed by atoms with Crippen LogP contribution in [-0.2, 0) is 0 Å². The summed E-state index contributed by atoms with van der Waals surface area (Å²) in [5, 5.41) is 13.0.